The third-order valence-electron chi connectivity index (χ3n) is 3.30. The average molecular weight is 227 g/mol. The van der Waals surface area contributed by atoms with Gasteiger partial charge in [-0.15, -0.1) is 0 Å². The van der Waals surface area contributed by atoms with E-state index >= 15 is 0 Å². The molecule has 17 heavy (non-hydrogen) atoms. The number of aromatic nitrogens is 2. The number of nitrogens with zero attached hydrogens (tertiary/aromatic N) is 2. The number of hydrogen-bond acceptors (Lipinski definition) is 2. The topological polar surface area (TPSA) is 29.9 Å². The summed E-state index contributed by atoms with van der Waals surface area (Å²) in [5.74, 6) is 0. The lowest BCUT2D eigenvalue weighted by Crippen LogP contribution is -2.23. The van der Waals surface area contributed by atoms with Crippen molar-refractivity contribution in [2.45, 2.75) is 25.3 Å². The molecule has 1 aromatic carbocycles. The molecule has 2 aromatic rings. The molecular formula is C14H17N3. The highest BCUT2D eigenvalue weighted by molar-refractivity contribution is 5.31. The van der Waals surface area contributed by atoms with Crippen LogP contribution in [-0.2, 0) is 6.42 Å². The molecule has 1 unspecified atom stereocenters. The summed E-state index contributed by atoms with van der Waals surface area (Å²) >= 11 is 0. The van der Waals surface area contributed by atoms with E-state index in [-0.39, 0.29) is 0 Å². The standard InChI is InChI=1S/C14H17N3/c1-2-6-14(7-3-1)17-11-12(10-16-17)9-13-5-4-8-15-13/h1-3,6-7,10-11,13,15H,4-5,8-9H2. The maximum absolute atomic E-state index is 4.42. The summed E-state index contributed by atoms with van der Waals surface area (Å²) in [6.45, 7) is 1.16. The molecule has 1 atom stereocenters. The van der Waals surface area contributed by atoms with E-state index < -0.39 is 0 Å². The first-order valence-electron chi connectivity index (χ1n) is 6.24. The Balaban J connectivity index is 1.74. The maximum atomic E-state index is 4.42. The van der Waals surface area contributed by atoms with Crippen LogP contribution in [0.1, 0.15) is 18.4 Å². The van der Waals surface area contributed by atoms with Crippen molar-refractivity contribution in [1.29, 1.82) is 0 Å². The van der Waals surface area contributed by atoms with E-state index in [1.807, 2.05) is 29.1 Å². The number of rotatable bonds is 3. The van der Waals surface area contributed by atoms with Crippen LogP contribution in [0.5, 0.6) is 0 Å². The van der Waals surface area contributed by atoms with Gasteiger partial charge in [0.15, 0.2) is 0 Å². The molecule has 3 nitrogen and oxygen atoms in total. The largest absolute Gasteiger partial charge is 0.314 e. The molecule has 2 heterocycles. The van der Waals surface area contributed by atoms with Gasteiger partial charge in [0.05, 0.1) is 11.9 Å². The van der Waals surface area contributed by atoms with Gasteiger partial charge in [-0.1, -0.05) is 18.2 Å². The van der Waals surface area contributed by atoms with Gasteiger partial charge in [-0.05, 0) is 43.5 Å². The number of hydrogen-bond donors (Lipinski definition) is 1. The van der Waals surface area contributed by atoms with Crippen LogP contribution in [0.4, 0.5) is 0 Å². The Morgan fingerprint density at radius 3 is 2.94 bits per heavy atom. The number of nitrogens with one attached hydrogen (secondary N) is 1. The molecule has 0 bridgehead atoms. The van der Waals surface area contributed by atoms with Crippen LogP contribution in [0, 0.1) is 0 Å². The Bertz CT molecular complexity index is 469. The van der Waals surface area contributed by atoms with Crippen LogP contribution >= 0.6 is 0 Å². The third kappa shape index (κ3) is 2.39. The van der Waals surface area contributed by atoms with E-state index in [0.717, 1.165) is 18.7 Å². The van der Waals surface area contributed by atoms with Gasteiger partial charge in [-0.25, -0.2) is 4.68 Å². The minimum absolute atomic E-state index is 0.642. The van der Waals surface area contributed by atoms with Gasteiger partial charge in [0, 0.05) is 12.2 Å². The fourth-order valence-electron chi connectivity index (χ4n) is 2.40. The molecule has 3 heteroatoms. The molecule has 88 valence electrons. The molecule has 1 aromatic heterocycles. The van der Waals surface area contributed by atoms with Crippen LogP contribution in [0.25, 0.3) is 5.69 Å². The zero-order valence-corrected chi connectivity index (χ0v) is 9.84. The van der Waals surface area contributed by atoms with E-state index in [1.54, 1.807) is 0 Å². The van der Waals surface area contributed by atoms with Gasteiger partial charge < -0.3 is 5.32 Å². The zero-order chi connectivity index (χ0) is 11.5. The van der Waals surface area contributed by atoms with Gasteiger partial charge >= 0.3 is 0 Å². The molecular weight excluding hydrogens is 210 g/mol. The normalized spacial score (nSPS) is 19.6. The molecule has 3 rings (SSSR count). The maximum Gasteiger partial charge on any atom is 0.0645 e. The summed E-state index contributed by atoms with van der Waals surface area (Å²) in [5.41, 5.74) is 2.44. The first-order valence-corrected chi connectivity index (χ1v) is 6.24. The third-order valence-corrected chi connectivity index (χ3v) is 3.30. The fraction of sp³-hybridized carbons (Fsp3) is 0.357. The van der Waals surface area contributed by atoms with Crippen LogP contribution in [-0.4, -0.2) is 22.4 Å². The lowest BCUT2D eigenvalue weighted by molar-refractivity contribution is 0.603. The molecule has 0 saturated carbocycles. The van der Waals surface area contributed by atoms with Crippen molar-refractivity contribution in [2.24, 2.45) is 0 Å². The Morgan fingerprint density at radius 1 is 1.29 bits per heavy atom. The molecule has 1 fully saturated rings. The minimum atomic E-state index is 0.642. The zero-order valence-electron chi connectivity index (χ0n) is 9.84. The lowest BCUT2D eigenvalue weighted by atomic mass is 10.1. The van der Waals surface area contributed by atoms with Crippen molar-refractivity contribution in [3.8, 4) is 5.69 Å². The molecule has 1 aliphatic heterocycles. The van der Waals surface area contributed by atoms with E-state index in [1.165, 1.54) is 18.4 Å². The van der Waals surface area contributed by atoms with Crippen molar-refractivity contribution < 1.29 is 0 Å². The van der Waals surface area contributed by atoms with E-state index in [2.05, 4.69) is 28.7 Å². The first kappa shape index (κ1) is 10.5. The van der Waals surface area contributed by atoms with Crippen molar-refractivity contribution in [1.82, 2.24) is 15.1 Å². The Hall–Kier alpha value is -1.61. The van der Waals surface area contributed by atoms with Crippen LogP contribution in [0.2, 0.25) is 0 Å². The van der Waals surface area contributed by atoms with E-state index in [9.17, 15) is 0 Å². The van der Waals surface area contributed by atoms with Gasteiger partial charge in [0.2, 0.25) is 0 Å². The van der Waals surface area contributed by atoms with Gasteiger partial charge in [-0.2, -0.15) is 5.10 Å². The molecule has 0 spiro atoms. The number of para-hydroxylation sites is 1. The number of benzene rings is 1. The Labute approximate surface area is 101 Å². The minimum Gasteiger partial charge on any atom is -0.314 e. The smallest absolute Gasteiger partial charge is 0.0645 e. The highest BCUT2D eigenvalue weighted by Crippen LogP contribution is 2.13. The van der Waals surface area contributed by atoms with E-state index in [0.29, 0.717) is 6.04 Å². The quantitative estimate of drug-likeness (QED) is 0.871. The van der Waals surface area contributed by atoms with Crippen molar-refractivity contribution in [2.75, 3.05) is 6.54 Å². The highest BCUT2D eigenvalue weighted by Gasteiger charge is 2.15. The van der Waals surface area contributed by atoms with Gasteiger partial charge in [0.1, 0.15) is 0 Å². The summed E-state index contributed by atoms with van der Waals surface area (Å²) < 4.78 is 1.95. The molecule has 1 saturated heterocycles. The van der Waals surface area contributed by atoms with Crippen molar-refractivity contribution in [3.05, 3.63) is 48.3 Å². The second-order valence-corrected chi connectivity index (χ2v) is 4.63. The summed E-state index contributed by atoms with van der Waals surface area (Å²) in [7, 11) is 0. The van der Waals surface area contributed by atoms with Gasteiger partial charge in [0.25, 0.3) is 0 Å². The van der Waals surface area contributed by atoms with E-state index in [4.69, 9.17) is 0 Å². The predicted octanol–water partition coefficient (Wildman–Crippen LogP) is 2.17. The van der Waals surface area contributed by atoms with Crippen molar-refractivity contribution >= 4 is 0 Å². The lowest BCUT2D eigenvalue weighted by Gasteiger charge is -2.07. The summed E-state index contributed by atoms with van der Waals surface area (Å²) in [4.78, 5) is 0. The summed E-state index contributed by atoms with van der Waals surface area (Å²) in [6, 6.07) is 10.9. The second kappa shape index (κ2) is 4.72. The molecule has 0 amide bonds. The SMILES string of the molecule is c1ccc(-n2cc(CC3CCCN3)cn2)cc1. The van der Waals surface area contributed by atoms with Crippen LogP contribution < -0.4 is 5.32 Å². The van der Waals surface area contributed by atoms with Gasteiger partial charge in [-0.3, -0.25) is 0 Å². The first-order chi connectivity index (χ1) is 8.42. The van der Waals surface area contributed by atoms with Crippen molar-refractivity contribution in [3.63, 3.8) is 0 Å². The summed E-state index contributed by atoms with van der Waals surface area (Å²) in [6.07, 6.45) is 7.79. The molecule has 1 N–H and O–H groups in total. The average Bonchev–Trinajstić information content (AvgIpc) is 3.02. The monoisotopic (exact) mass is 227 g/mol. The predicted molar refractivity (Wildman–Crippen MR) is 68.3 cm³/mol. The van der Waals surface area contributed by atoms with Crippen LogP contribution in [0.3, 0.4) is 0 Å². The Morgan fingerprint density at radius 2 is 2.18 bits per heavy atom. The molecule has 0 radical (unpaired) electrons. The fourth-order valence-corrected chi connectivity index (χ4v) is 2.40. The molecule has 0 aliphatic carbocycles. The molecule has 1 aliphatic rings. The van der Waals surface area contributed by atoms with Crippen LogP contribution in [0.15, 0.2) is 42.7 Å². The second-order valence-electron chi connectivity index (χ2n) is 4.63. The highest BCUT2D eigenvalue weighted by atomic mass is 15.3. The summed E-state index contributed by atoms with van der Waals surface area (Å²) in [5, 5.41) is 7.93. The Kier molecular flexibility index (Phi) is 2.92.